The van der Waals surface area contributed by atoms with E-state index < -0.39 is 11.5 Å². The SMILES string of the molecule is CCc1cccc2c1NC(=O)[C@@]2(O)CC(=O)c1ccc(Cl)cc1. The molecular weight excluding hydrogens is 314 g/mol. The van der Waals surface area contributed by atoms with Crippen LogP contribution in [0.25, 0.3) is 0 Å². The molecule has 0 spiro atoms. The average molecular weight is 330 g/mol. The highest BCUT2D eigenvalue weighted by molar-refractivity contribution is 6.30. The maximum atomic E-state index is 12.4. The van der Waals surface area contributed by atoms with Gasteiger partial charge in [0.1, 0.15) is 0 Å². The van der Waals surface area contributed by atoms with Gasteiger partial charge in [-0.05, 0) is 36.2 Å². The van der Waals surface area contributed by atoms with Crippen LogP contribution in [0.15, 0.2) is 42.5 Å². The molecule has 2 aromatic rings. The number of rotatable bonds is 4. The molecule has 2 aromatic carbocycles. The number of aliphatic hydroxyl groups is 1. The minimum atomic E-state index is -1.84. The third-order valence-corrected chi connectivity index (χ3v) is 4.43. The van der Waals surface area contributed by atoms with E-state index in [-0.39, 0.29) is 12.2 Å². The van der Waals surface area contributed by atoms with Crippen LogP contribution in [-0.4, -0.2) is 16.8 Å². The molecule has 0 aliphatic carbocycles. The Bertz CT molecular complexity index is 785. The summed E-state index contributed by atoms with van der Waals surface area (Å²) in [6, 6.07) is 11.8. The standard InChI is InChI=1S/C18H16ClNO3/c1-2-11-4-3-5-14-16(11)20-17(22)18(14,23)10-15(21)12-6-8-13(19)9-7-12/h3-9,23H,2,10H2,1H3,(H,20,22)/t18-/m1/s1. The van der Waals surface area contributed by atoms with Gasteiger partial charge < -0.3 is 10.4 Å². The molecule has 118 valence electrons. The van der Waals surface area contributed by atoms with Crippen molar-refractivity contribution in [1.29, 1.82) is 0 Å². The van der Waals surface area contributed by atoms with E-state index in [1.807, 2.05) is 13.0 Å². The molecule has 1 atom stereocenters. The Morgan fingerprint density at radius 2 is 1.91 bits per heavy atom. The summed E-state index contributed by atoms with van der Waals surface area (Å²) in [4.78, 5) is 24.8. The highest BCUT2D eigenvalue weighted by Crippen LogP contribution is 2.41. The Hall–Kier alpha value is -2.17. The zero-order valence-electron chi connectivity index (χ0n) is 12.6. The van der Waals surface area contributed by atoms with Crippen molar-refractivity contribution in [2.24, 2.45) is 0 Å². The number of para-hydroxylation sites is 1. The number of halogens is 1. The Morgan fingerprint density at radius 1 is 1.22 bits per heavy atom. The maximum Gasteiger partial charge on any atom is 0.261 e. The van der Waals surface area contributed by atoms with Crippen molar-refractivity contribution in [2.75, 3.05) is 5.32 Å². The number of amides is 1. The lowest BCUT2D eigenvalue weighted by Crippen LogP contribution is -2.36. The fourth-order valence-corrected chi connectivity index (χ4v) is 3.00. The van der Waals surface area contributed by atoms with Crippen molar-refractivity contribution in [2.45, 2.75) is 25.4 Å². The van der Waals surface area contributed by atoms with Crippen LogP contribution in [0.1, 0.15) is 34.8 Å². The van der Waals surface area contributed by atoms with Crippen LogP contribution in [0.5, 0.6) is 0 Å². The number of Topliss-reactive ketones (excluding diaryl/α,β-unsaturated/α-hetero) is 1. The van der Waals surface area contributed by atoms with Gasteiger partial charge in [-0.2, -0.15) is 0 Å². The van der Waals surface area contributed by atoms with E-state index in [1.165, 1.54) is 0 Å². The van der Waals surface area contributed by atoms with Gasteiger partial charge in [-0.25, -0.2) is 0 Å². The van der Waals surface area contributed by atoms with E-state index in [0.717, 1.165) is 12.0 Å². The first-order valence-corrected chi connectivity index (χ1v) is 7.78. The quantitative estimate of drug-likeness (QED) is 0.846. The summed E-state index contributed by atoms with van der Waals surface area (Å²) >= 11 is 5.81. The van der Waals surface area contributed by atoms with Gasteiger partial charge in [0.15, 0.2) is 11.4 Å². The fourth-order valence-electron chi connectivity index (χ4n) is 2.87. The highest BCUT2D eigenvalue weighted by atomic mass is 35.5. The molecule has 1 aliphatic heterocycles. The van der Waals surface area contributed by atoms with Crippen LogP contribution in [0, 0.1) is 0 Å². The van der Waals surface area contributed by atoms with Gasteiger partial charge in [0.2, 0.25) is 0 Å². The first-order valence-electron chi connectivity index (χ1n) is 7.40. The summed E-state index contributed by atoms with van der Waals surface area (Å²) in [5, 5.41) is 14.1. The lowest BCUT2D eigenvalue weighted by atomic mass is 9.87. The van der Waals surface area contributed by atoms with Crippen molar-refractivity contribution in [1.82, 2.24) is 0 Å². The number of nitrogens with one attached hydrogen (secondary N) is 1. The average Bonchev–Trinajstić information content (AvgIpc) is 2.79. The molecule has 0 radical (unpaired) electrons. The number of carbonyl (C=O) groups is 2. The van der Waals surface area contributed by atoms with Crippen LogP contribution in [0.4, 0.5) is 5.69 Å². The molecule has 5 heteroatoms. The van der Waals surface area contributed by atoms with Crippen LogP contribution in [-0.2, 0) is 16.8 Å². The molecule has 2 N–H and O–H groups in total. The second kappa shape index (κ2) is 5.80. The molecule has 0 bridgehead atoms. The predicted molar refractivity (Wildman–Crippen MR) is 88.7 cm³/mol. The topological polar surface area (TPSA) is 66.4 Å². The monoisotopic (exact) mass is 329 g/mol. The minimum Gasteiger partial charge on any atom is -0.375 e. The van der Waals surface area contributed by atoms with Gasteiger partial charge in [0, 0.05) is 16.1 Å². The number of carbonyl (C=O) groups excluding carboxylic acids is 2. The number of ketones is 1. The number of fused-ring (bicyclic) bond motifs is 1. The van der Waals surface area contributed by atoms with Gasteiger partial charge in [-0.1, -0.05) is 36.7 Å². The number of benzene rings is 2. The number of hydrogen-bond donors (Lipinski definition) is 2. The predicted octanol–water partition coefficient (Wildman–Crippen LogP) is 3.32. The molecule has 0 unspecified atom stereocenters. The van der Waals surface area contributed by atoms with E-state index in [9.17, 15) is 14.7 Å². The first-order chi connectivity index (χ1) is 11.0. The van der Waals surface area contributed by atoms with Crippen LogP contribution >= 0.6 is 11.6 Å². The van der Waals surface area contributed by atoms with Crippen molar-refractivity contribution < 1.29 is 14.7 Å². The van der Waals surface area contributed by atoms with Crippen LogP contribution in [0.2, 0.25) is 5.02 Å². The summed E-state index contributed by atoms with van der Waals surface area (Å²) in [5.41, 5.74) is 0.592. The van der Waals surface area contributed by atoms with Crippen molar-refractivity contribution in [3.8, 4) is 0 Å². The Kier molecular flexibility index (Phi) is 3.96. The molecule has 4 nitrogen and oxygen atoms in total. The van der Waals surface area contributed by atoms with E-state index in [2.05, 4.69) is 5.32 Å². The summed E-state index contributed by atoms with van der Waals surface area (Å²) < 4.78 is 0. The van der Waals surface area contributed by atoms with Crippen molar-refractivity contribution >= 4 is 29.0 Å². The minimum absolute atomic E-state index is 0.305. The number of hydrogen-bond acceptors (Lipinski definition) is 3. The lowest BCUT2D eigenvalue weighted by Gasteiger charge is -2.20. The summed E-state index contributed by atoms with van der Waals surface area (Å²) in [7, 11) is 0. The molecule has 0 saturated heterocycles. The molecule has 0 saturated carbocycles. The normalized spacial score (nSPS) is 19.3. The molecule has 3 rings (SSSR count). The smallest absolute Gasteiger partial charge is 0.261 e. The van der Waals surface area contributed by atoms with Crippen LogP contribution < -0.4 is 5.32 Å². The molecule has 23 heavy (non-hydrogen) atoms. The third kappa shape index (κ3) is 2.64. The second-order valence-electron chi connectivity index (χ2n) is 5.61. The van der Waals surface area contributed by atoms with Gasteiger partial charge in [0.05, 0.1) is 12.1 Å². The molecular formula is C18H16ClNO3. The van der Waals surface area contributed by atoms with E-state index >= 15 is 0 Å². The Morgan fingerprint density at radius 3 is 2.57 bits per heavy atom. The largest absolute Gasteiger partial charge is 0.375 e. The molecule has 0 aromatic heterocycles. The van der Waals surface area contributed by atoms with E-state index in [0.29, 0.717) is 21.8 Å². The summed E-state index contributed by atoms with van der Waals surface area (Å²) in [5.74, 6) is -0.871. The van der Waals surface area contributed by atoms with Gasteiger partial charge in [0.25, 0.3) is 5.91 Å². The zero-order chi connectivity index (χ0) is 16.6. The molecule has 0 fully saturated rings. The summed E-state index contributed by atoms with van der Waals surface area (Å²) in [6.07, 6.45) is 0.422. The van der Waals surface area contributed by atoms with Gasteiger partial charge in [-0.3, -0.25) is 9.59 Å². The summed E-state index contributed by atoms with van der Waals surface area (Å²) in [6.45, 7) is 1.97. The molecule has 1 amide bonds. The van der Waals surface area contributed by atoms with E-state index in [4.69, 9.17) is 11.6 Å². The maximum absolute atomic E-state index is 12.4. The van der Waals surface area contributed by atoms with Crippen LogP contribution in [0.3, 0.4) is 0 Å². The van der Waals surface area contributed by atoms with Gasteiger partial charge in [-0.15, -0.1) is 0 Å². The van der Waals surface area contributed by atoms with Gasteiger partial charge >= 0.3 is 0 Å². The first kappa shape index (κ1) is 15.7. The second-order valence-corrected chi connectivity index (χ2v) is 6.05. The van der Waals surface area contributed by atoms with E-state index in [1.54, 1.807) is 36.4 Å². The number of aryl methyl sites for hydroxylation is 1. The highest BCUT2D eigenvalue weighted by Gasteiger charge is 2.47. The Balaban J connectivity index is 1.95. The van der Waals surface area contributed by atoms with Crippen molar-refractivity contribution in [3.63, 3.8) is 0 Å². The third-order valence-electron chi connectivity index (χ3n) is 4.17. The molecule has 1 heterocycles. The fraction of sp³-hybridized carbons (Fsp3) is 0.222. The number of anilines is 1. The van der Waals surface area contributed by atoms with Crippen molar-refractivity contribution in [3.05, 3.63) is 64.2 Å². The molecule has 1 aliphatic rings. The lowest BCUT2D eigenvalue weighted by molar-refractivity contribution is -0.133. The Labute approximate surface area is 139 Å². The zero-order valence-corrected chi connectivity index (χ0v) is 13.4.